The van der Waals surface area contributed by atoms with E-state index in [0.29, 0.717) is 32.3 Å². The maximum atomic E-state index is 13.2. The van der Waals surface area contributed by atoms with E-state index < -0.39 is 0 Å². The molecule has 0 bridgehead atoms. The van der Waals surface area contributed by atoms with Crippen LogP contribution in [0.3, 0.4) is 0 Å². The van der Waals surface area contributed by atoms with Crippen molar-refractivity contribution < 1.29 is 0 Å². The monoisotopic (exact) mass is 430 g/mol. The maximum absolute atomic E-state index is 13.2. The van der Waals surface area contributed by atoms with E-state index in [2.05, 4.69) is 26.7 Å². The number of aliphatic imine (C=N–C) groups is 2. The fourth-order valence-corrected chi connectivity index (χ4v) is 4.83. The molecule has 5 rings (SSSR count). The van der Waals surface area contributed by atoms with Gasteiger partial charge in [-0.1, -0.05) is 18.2 Å². The standard InChI is InChI=1S/C21H14N6OS2/c1-23-20(26-12-5-3-2-4-6-12)16-17-18(30-19(16)22)21(28)27(10-24-17)13-7-8-14-15(9-13)29-11-25-14/h2-11H,1,22H2. The van der Waals surface area contributed by atoms with E-state index in [0.717, 1.165) is 15.9 Å². The number of thiazole rings is 1. The summed E-state index contributed by atoms with van der Waals surface area (Å²) in [4.78, 5) is 30.6. The molecular formula is C21H14N6OS2. The number of nitrogens with zero attached hydrogens (tertiary/aromatic N) is 5. The van der Waals surface area contributed by atoms with Crippen LogP contribution in [-0.4, -0.2) is 27.1 Å². The Morgan fingerprint density at radius 1 is 1.13 bits per heavy atom. The van der Waals surface area contributed by atoms with Crippen LogP contribution in [0, 0.1) is 0 Å². The molecule has 0 radical (unpaired) electrons. The SMILES string of the molecule is C=NC(=Nc1ccccc1)c1c(N)sc2c(=O)n(-c3ccc4ncsc4c3)cnc12. The third-order valence-corrected chi connectivity index (χ3v) is 6.37. The summed E-state index contributed by atoms with van der Waals surface area (Å²) in [6, 6.07) is 15.0. The first-order valence-corrected chi connectivity index (χ1v) is 10.6. The van der Waals surface area contributed by atoms with Crippen LogP contribution in [0.1, 0.15) is 5.56 Å². The Morgan fingerprint density at radius 2 is 1.97 bits per heavy atom. The van der Waals surface area contributed by atoms with Gasteiger partial charge in [0, 0.05) is 0 Å². The second-order valence-electron chi connectivity index (χ2n) is 6.37. The van der Waals surface area contributed by atoms with Crippen molar-refractivity contribution in [3.05, 3.63) is 76.3 Å². The Balaban J connectivity index is 1.68. The molecule has 0 aliphatic carbocycles. The molecule has 0 aliphatic heterocycles. The number of hydrogen-bond donors (Lipinski definition) is 1. The minimum absolute atomic E-state index is 0.199. The van der Waals surface area contributed by atoms with Gasteiger partial charge in [0.2, 0.25) is 0 Å². The number of fused-ring (bicyclic) bond motifs is 2. The Morgan fingerprint density at radius 3 is 2.77 bits per heavy atom. The van der Waals surface area contributed by atoms with Crippen LogP contribution in [0.2, 0.25) is 0 Å². The Labute approximate surface area is 178 Å². The van der Waals surface area contributed by atoms with Gasteiger partial charge in [-0.25, -0.2) is 20.0 Å². The predicted molar refractivity (Wildman–Crippen MR) is 125 cm³/mol. The van der Waals surface area contributed by atoms with Gasteiger partial charge in [-0.15, -0.1) is 22.7 Å². The van der Waals surface area contributed by atoms with Gasteiger partial charge in [0.25, 0.3) is 5.56 Å². The summed E-state index contributed by atoms with van der Waals surface area (Å²) in [6.45, 7) is 3.62. The van der Waals surface area contributed by atoms with Crippen LogP contribution < -0.4 is 11.3 Å². The highest BCUT2D eigenvalue weighted by Crippen LogP contribution is 2.32. The van der Waals surface area contributed by atoms with Gasteiger partial charge in [0.15, 0.2) is 5.84 Å². The van der Waals surface area contributed by atoms with Gasteiger partial charge in [0.1, 0.15) is 16.5 Å². The molecule has 3 aromatic heterocycles. The molecule has 0 fully saturated rings. The highest BCUT2D eigenvalue weighted by Gasteiger charge is 2.20. The highest BCUT2D eigenvalue weighted by molar-refractivity contribution is 7.23. The molecule has 146 valence electrons. The molecule has 0 atom stereocenters. The molecule has 7 nitrogen and oxygen atoms in total. The average molecular weight is 431 g/mol. The van der Waals surface area contributed by atoms with E-state index in [4.69, 9.17) is 5.73 Å². The normalized spacial score (nSPS) is 11.9. The van der Waals surface area contributed by atoms with E-state index in [1.54, 1.807) is 5.51 Å². The van der Waals surface area contributed by atoms with Gasteiger partial charge >= 0.3 is 0 Å². The molecule has 5 aromatic rings. The number of benzene rings is 2. The lowest BCUT2D eigenvalue weighted by atomic mass is 10.2. The van der Waals surface area contributed by atoms with Crippen molar-refractivity contribution in [2.24, 2.45) is 9.98 Å². The first-order chi connectivity index (χ1) is 14.7. The van der Waals surface area contributed by atoms with Crippen molar-refractivity contribution in [1.82, 2.24) is 14.5 Å². The minimum atomic E-state index is -0.199. The molecule has 3 heterocycles. The average Bonchev–Trinajstić information content (AvgIpc) is 3.37. The van der Waals surface area contributed by atoms with Crippen molar-refractivity contribution in [2.45, 2.75) is 0 Å². The van der Waals surface area contributed by atoms with Gasteiger partial charge in [-0.2, -0.15) is 0 Å². The predicted octanol–water partition coefficient (Wildman–Crippen LogP) is 4.42. The zero-order chi connectivity index (χ0) is 20.7. The van der Waals surface area contributed by atoms with Gasteiger partial charge in [0.05, 0.1) is 37.7 Å². The van der Waals surface area contributed by atoms with Crippen LogP contribution >= 0.6 is 22.7 Å². The number of para-hydroxylation sites is 1. The zero-order valence-corrected chi connectivity index (χ0v) is 17.2. The molecule has 30 heavy (non-hydrogen) atoms. The number of amidine groups is 1. The summed E-state index contributed by atoms with van der Waals surface area (Å²) < 4.78 is 2.95. The van der Waals surface area contributed by atoms with Crippen molar-refractivity contribution in [2.75, 3.05) is 5.73 Å². The Bertz CT molecular complexity index is 1500. The van der Waals surface area contributed by atoms with Gasteiger partial charge in [-0.3, -0.25) is 9.36 Å². The number of nitrogen functional groups attached to an aromatic ring is 1. The first kappa shape index (κ1) is 18.3. The van der Waals surface area contributed by atoms with E-state index in [-0.39, 0.29) is 5.56 Å². The Kier molecular flexibility index (Phi) is 4.46. The van der Waals surface area contributed by atoms with E-state index in [1.165, 1.54) is 33.6 Å². The first-order valence-electron chi connectivity index (χ1n) is 8.90. The summed E-state index contributed by atoms with van der Waals surface area (Å²) in [6.07, 6.45) is 1.51. The second-order valence-corrected chi connectivity index (χ2v) is 8.31. The highest BCUT2D eigenvalue weighted by atomic mass is 32.1. The summed E-state index contributed by atoms with van der Waals surface area (Å²) in [5.41, 5.74) is 11.2. The minimum Gasteiger partial charge on any atom is -0.390 e. The van der Waals surface area contributed by atoms with Crippen LogP contribution in [-0.2, 0) is 0 Å². The molecule has 0 saturated heterocycles. The third-order valence-electron chi connectivity index (χ3n) is 4.58. The molecule has 2 N–H and O–H groups in total. The smallest absolute Gasteiger partial charge is 0.275 e. The van der Waals surface area contributed by atoms with E-state index >= 15 is 0 Å². The van der Waals surface area contributed by atoms with E-state index in [9.17, 15) is 4.79 Å². The maximum Gasteiger partial charge on any atom is 0.275 e. The molecule has 0 amide bonds. The largest absolute Gasteiger partial charge is 0.390 e. The summed E-state index contributed by atoms with van der Waals surface area (Å²) in [7, 11) is 0. The molecule has 0 spiro atoms. The molecule has 2 aromatic carbocycles. The lowest BCUT2D eigenvalue weighted by Gasteiger charge is -2.06. The molecule has 0 aliphatic rings. The molecule has 0 unspecified atom stereocenters. The van der Waals surface area contributed by atoms with E-state index in [1.807, 2.05) is 48.5 Å². The second kappa shape index (κ2) is 7.29. The quantitative estimate of drug-likeness (QED) is 0.338. The van der Waals surface area contributed by atoms with Gasteiger partial charge < -0.3 is 5.73 Å². The summed E-state index contributed by atoms with van der Waals surface area (Å²) >= 11 is 2.70. The lowest BCUT2D eigenvalue weighted by Crippen LogP contribution is -2.18. The van der Waals surface area contributed by atoms with Crippen molar-refractivity contribution in [1.29, 1.82) is 0 Å². The number of rotatable bonds is 3. The van der Waals surface area contributed by atoms with Crippen molar-refractivity contribution >= 4 is 66.3 Å². The van der Waals surface area contributed by atoms with Crippen LogP contribution in [0.4, 0.5) is 10.7 Å². The zero-order valence-electron chi connectivity index (χ0n) is 15.5. The van der Waals surface area contributed by atoms with Crippen molar-refractivity contribution in [3.63, 3.8) is 0 Å². The van der Waals surface area contributed by atoms with Crippen LogP contribution in [0.5, 0.6) is 0 Å². The number of nitrogens with two attached hydrogens (primary N) is 1. The molecule has 0 saturated carbocycles. The number of hydrogen-bond acceptors (Lipinski definition) is 7. The fourth-order valence-electron chi connectivity index (χ4n) is 3.17. The molecular weight excluding hydrogens is 416 g/mol. The number of aromatic nitrogens is 3. The van der Waals surface area contributed by atoms with Crippen LogP contribution in [0.25, 0.3) is 26.1 Å². The third kappa shape index (κ3) is 3.00. The molecule has 9 heteroatoms. The summed E-state index contributed by atoms with van der Waals surface area (Å²) in [5, 5.41) is 0.423. The topological polar surface area (TPSA) is 98.5 Å². The fraction of sp³-hybridized carbons (Fsp3) is 0. The number of thiophene rings is 1. The summed E-state index contributed by atoms with van der Waals surface area (Å²) in [5.74, 6) is 0.334. The Hall–Kier alpha value is -3.69. The lowest BCUT2D eigenvalue weighted by molar-refractivity contribution is 0.969. The van der Waals surface area contributed by atoms with Gasteiger partial charge in [-0.05, 0) is 37.0 Å². The van der Waals surface area contributed by atoms with Crippen LogP contribution in [0.15, 0.2) is 75.1 Å². The van der Waals surface area contributed by atoms with Crippen molar-refractivity contribution in [3.8, 4) is 5.69 Å². The number of anilines is 1.